The third-order valence-electron chi connectivity index (χ3n) is 3.82. The highest BCUT2D eigenvalue weighted by molar-refractivity contribution is 7.15. The molecule has 4 heteroatoms. The summed E-state index contributed by atoms with van der Waals surface area (Å²) in [5, 5.41) is 10.6. The summed E-state index contributed by atoms with van der Waals surface area (Å²) in [4.78, 5) is 8.27. The van der Waals surface area contributed by atoms with Gasteiger partial charge in [-0.1, -0.05) is 38.0 Å². The predicted octanol–water partition coefficient (Wildman–Crippen LogP) is 3.53. The molecular formula is C14H24N2OS. The topological polar surface area (TPSA) is 36.4 Å². The smallest absolute Gasteiger partial charge is 0.185 e. The second-order valence-electron chi connectivity index (χ2n) is 5.17. The molecule has 1 fully saturated rings. The van der Waals surface area contributed by atoms with Crippen LogP contribution in [0.1, 0.15) is 62.4 Å². The van der Waals surface area contributed by atoms with Gasteiger partial charge in [-0.05, 0) is 25.2 Å². The fraction of sp³-hybridized carbons (Fsp3) is 0.786. The van der Waals surface area contributed by atoms with E-state index >= 15 is 0 Å². The summed E-state index contributed by atoms with van der Waals surface area (Å²) in [7, 11) is 0. The minimum absolute atomic E-state index is 0.130. The Labute approximate surface area is 114 Å². The number of aliphatic hydroxyl groups excluding tert-OH is 1. The maximum Gasteiger partial charge on any atom is 0.185 e. The van der Waals surface area contributed by atoms with Crippen molar-refractivity contribution in [2.45, 2.75) is 58.5 Å². The Morgan fingerprint density at radius 1 is 1.28 bits per heavy atom. The summed E-state index contributed by atoms with van der Waals surface area (Å²) >= 11 is 1.68. The van der Waals surface area contributed by atoms with Crippen molar-refractivity contribution >= 4 is 16.5 Å². The lowest BCUT2D eigenvalue weighted by Crippen LogP contribution is -2.23. The summed E-state index contributed by atoms with van der Waals surface area (Å²) in [6.07, 6.45) is 6.30. The standard InChI is InChI=1S/C14H24N2OS/c1-3-11(2)13-12(10-17)18-14(15-13)16-8-6-4-5-7-9-16/h11,17H,3-10H2,1-2H3. The predicted molar refractivity (Wildman–Crippen MR) is 77.4 cm³/mol. The SMILES string of the molecule is CCC(C)c1nc(N2CCCCCC2)sc1CO. The Balaban J connectivity index is 2.19. The molecule has 102 valence electrons. The Morgan fingerprint density at radius 2 is 1.94 bits per heavy atom. The second-order valence-corrected chi connectivity index (χ2v) is 6.24. The molecule has 1 unspecified atom stereocenters. The lowest BCUT2D eigenvalue weighted by atomic mass is 10.0. The van der Waals surface area contributed by atoms with E-state index in [4.69, 9.17) is 4.98 Å². The highest BCUT2D eigenvalue weighted by Gasteiger charge is 2.19. The molecule has 2 rings (SSSR count). The molecule has 1 aromatic rings. The Hall–Kier alpha value is -0.610. The van der Waals surface area contributed by atoms with Crippen molar-refractivity contribution in [1.82, 2.24) is 4.98 Å². The van der Waals surface area contributed by atoms with Gasteiger partial charge in [0.2, 0.25) is 0 Å². The number of thiazole rings is 1. The van der Waals surface area contributed by atoms with Crippen LogP contribution in [0.2, 0.25) is 0 Å². The number of hydrogen-bond donors (Lipinski definition) is 1. The number of anilines is 1. The monoisotopic (exact) mass is 268 g/mol. The van der Waals surface area contributed by atoms with Crippen LogP contribution in [0, 0.1) is 0 Å². The van der Waals surface area contributed by atoms with E-state index in [2.05, 4.69) is 18.7 Å². The Kier molecular flexibility index (Phi) is 5.01. The van der Waals surface area contributed by atoms with Crippen LogP contribution in [-0.4, -0.2) is 23.2 Å². The van der Waals surface area contributed by atoms with Crippen molar-refractivity contribution in [3.8, 4) is 0 Å². The van der Waals surface area contributed by atoms with Gasteiger partial charge in [0.05, 0.1) is 17.2 Å². The number of rotatable bonds is 4. The third kappa shape index (κ3) is 3.04. The van der Waals surface area contributed by atoms with E-state index in [0.29, 0.717) is 5.92 Å². The van der Waals surface area contributed by atoms with Crippen LogP contribution in [0.4, 0.5) is 5.13 Å². The van der Waals surface area contributed by atoms with Crippen LogP contribution >= 0.6 is 11.3 Å². The molecule has 1 N–H and O–H groups in total. The van der Waals surface area contributed by atoms with E-state index in [0.717, 1.165) is 35.2 Å². The molecule has 2 heterocycles. The minimum Gasteiger partial charge on any atom is -0.391 e. The zero-order valence-corrected chi connectivity index (χ0v) is 12.3. The zero-order valence-electron chi connectivity index (χ0n) is 11.5. The van der Waals surface area contributed by atoms with Gasteiger partial charge in [-0.3, -0.25) is 0 Å². The van der Waals surface area contributed by atoms with Crippen LogP contribution < -0.4 is 4.90 Å². The minimum atomic E-state index is 0.130. The lowest BCUT2D eigenvalue weighted by molar-refractivity contribution is 0.283. The fourth-order valence-corrected chi connectivity index (χ4v) is 3.53. The van der Waals surface area contributed by atoms with Gasteiger partial charge < -0.3 is 10.0 Å². The van der Waals surface area contributed by atoms with Crippen molar-refractivity contribution in [3.05, 3.63) is 10.6 Å². The maximum atomic E-state index is 9.48. The molecule has 0 spiro atoms. The van der Waals surface area contributed by atoms with Crippen LogP contribution in [0.15, 0.2) is 0 Å². The highest BCUT2D eigenvalue weighted by Crippen LogP contribution is 2.33. The molecule has 0 bridgehead atoms. The van der Waals surface area contributed by atoms with E-state index < -0.39 is 0 Å². The molecule has 1 aromatic heterocycles. The number of hydrogen-bond acceptors (Lipinski definition) is 4. The Morgan fingerprint density at radius 3 is 2.50 bits per heavy atom. The third-order valence-corrected chi connectivity index (χ3v) is 4.93. The van der Waals surface area contributed by atoms with E-state index in [9.17, 15) is 5.11 Å². The molecule has 0 radical (unpaired) electrons. The highest BCUT2D eigenvalue weighted by atomic mass is 32.1. The summed E-state index contributed by atoms with van der Waals surface area (Å²) in [5.41, 5.74) is 1.12. The first-order valence-corrected chi connectivity index (χ1v) is 7.93. The number of aliphatic hydroxyl groups is 1. The van der Waals surface area contributed by atoms with Gasteiger partial charge in [0.15, 0.2) is 5.13 Å². The van der Waals surface area contributed by atoms with E-state index in [1.54, 1.807) is 11.3 Å². The number of nitrogens with zero attached hydrogens (tertiary/aromatic N) is 2. The molecule has 3 nitrogen and oxygen atoms in total. The molecule has 1 aliphatic rings. The first-order chi connectivity index (χ1) is 8.76. The molecule has 1 saturated heterocycles. The van der Waals surface area contributed by atoms with Crippen LogP contribution in [-0.2, 0) is 6.61 Å². The summed E-state index contributed by atoms with van der Waals surface area (Å²) in [6.45, 7) is 6.75. The fourth-order valence-electron chi connectivity index (χ4n) is 2.44. The molecule has 1 aliphatic heterocycles. The van der Waals surface area contributed by atoms with Crippen LogP contribution in [0.25, 0.3) is 0 Å². The Bertz CT molecular complexity index is 370. The van der Waals surface area contributed by atoms with Crippen molar-refractivity contribution < 1.29 is 5.11 Å². The average Bonchev–Trinajstić information content (AvgIpc) is 2.64. The zero-order chi connectivity index (χ0) is 13.0. The van der Waals surface area contributed by atoms with Crippen molar-refractivity contribution in [1.29, 1.82) is 0 Å². The van der Waals surface area contributed by atoms with E-state index in [-0.39, 0.29) is 6.61 Å². The average molecular weight is 268 g/mol. The van der Waals surface area contributed by atoms with Gasteiger partial charge in [0.25, 0.3) is 0 Å². The normalized spacial score (nSPS) is 18.7. The lowest BCUT2D eigenvalue weighted by Gasteiger charge is -2.18. The molecular weight excluding hydrogens is 244 g/mol. The first kappa shape index (κ1) is 13.8. The first-order valence-electron chi connectivity index (χ1n) is 7.11. The van der Waals surface area contributed by atoms with Crippen molar-refractivity contribution in [2.75, 3.05) is 18.0 Å². The van der Waals surface area contributed by atoms with Gasteiger partial charge >= 0.3 is 0 Å². The molecule has 18 heavy (non-hydrogen) atoms. The maximum absolute atomic E-state index is 9.48. The van der Waals surface area contributed by atoms with Gasteiger partial charge in [-0.2, -0.15) is 0 Å². The number of aromatic nitrogens is 1. The van der Waals surface area contributed by atoms with Crippen LogP contribution in [0.3, 0.4) is 0 Å². The van der Waals surface area contributed by atoms with Crippen molar-refractivity contribution in [2.24, 2.45) is 0 Å². The summed E-state index contributed by atoms with van der Waals surface area (Å²) in [5.74, 6) is 0.448. The molecule has 0 aromatic carbocycles. The second kappa shape index (κ2) is 6.53. The van der Waals surface area contributed by atoms with Gasteiger partial charge in [-0.15, -0.1) is 0 Å². The molecule has 0 saturated carbocycles. The van der Waals surface area contributed by atoms with Gasteiger partial charge in [-0.25, -0.2) is 4.98 Å². The molecule has 0 amide bonds. The van der Waals surface area contributed by atoms with E-state index in [1.165, 1.54) is 25.7 Å². The summed E-state index contributed by atoms with van der Waals surface area (Å²) in [6, 6.07) is 0. The van der Waals surface area contributed by atoms with Gasteiger partial charge in [0.1, 0.15) is 0 Å². The van der Waals surface area contributed by atoms with E-state index in [1.807, 2.05) is 0 Å². The molecule has 1 atom stereocenters. The largest absolute Gasteiger partial charge is 0.391 e. The summed E-state index contributed by atoms with van der Waals surface area (Å²) < 4.78 is 0. The van der Waals surface area contributed by atoms with Crippen LogP contribution in [0.5, 0.6) is 0 Å². The molecule has 0 aliphatic carbocycles. The van der Waals surface area contributed by atoms with Crippen molar-refractivity contribution in [3.63, 3.8) is 0 Å². The van der Waals surface area contributed by atoms with Gasteiger partial charge in [0, 0.05) is 13.1 Å². The quantitative estimate of drug-likeness (QED) is 0.907.